The van der Waals surface area contributed by atoms with E-state index in [1.165, 1.54) is 0 Å². The standard InChI is InChI=1S/C9H8F2N2O5/c1-5-7(9(10,11)4-14)2-6(12(15)16)3-8(5)13(17)18/h2-3,14H,4H2,1H3. The zero-order valence-electron chi connectivity index (χ0n) is 9.09. The highest BCUT2D eigenvalue weighted by Crippen LogP contribution is 2.37. The number of aliphatic hydroxyl groups excluding tert-OH is 1. The minimum Gasteiger partial charge on any atom is -0.390 e. The highest BCUT2D eigenvalue weighted by Gasteiger charge is 2.37. The van der Waals surface area contributed by atoms with Gasteiger partial charge in [-0.25, -0.2) is 0 Å². The first kappa shape index (κ1) is 13.9. The van der Waals surface area contributed by atoms with Crippen molar-refractivity contribution >= 4 is 11.4 Å². The SMILES string of the molecule is Cc1c([N+](=O)[O-])cc([N+](=O)[O-])cc1C(F)(F)CO. The van der Waals surface area contributed by atoms with Gasteiger partial charge in [0.25, 0.3) is 17.3 Å². The summed E-state index contributed by atoms with van der Waals surface area (Å²) in [4.78, 5) is 19.2. The second-order valence-corrected chi connectivity index (χ2v) is 3.51. The zero-order chi connectivity index (χ0) is 14.1. The number of halogens is 2. The molecule has 1 aromatic rings. The molecule has 98 valence electrons. The van der Waals surface area contributed by atoms with E-state index in [1.54, 1.807) is 0 Å². The van der Waals surface area contributed by atoms with Gasteiger partial charge < -0.3 is 5.11 Å². The maximum Gasteiger partial charge on any atom is 0.296 e. The summed E-state index contributed by atoms with van der Waals surface area (Å²) in [5.41, 5.74) is -2.95. The van der Waals surface area contributed by atoms with Gasteiger partial charge in [-0.2, -0.15) is 8.78 Å². The van der Waals surface area contributed by atoms with E-state index in [0.29, 0.717) is 12.1 Å². The first-order chi connectivity index (χ1) is 8.20. The number of rotatable bonds is 4. The molecule has 0 spiro atoms. The molecule has 1 rings (SSSR count). The molecular formula is C9H8F2N2O5. The predicted octanol–water partition coefficient (Wildman–Crippen LogP) is 1.90. The summed E-state index contributed by atoms with van der Waals surface area (Å²) in [5.74, 6) is -3.78. The van der Waals surface area contributed by atoms with E-state index in [4.69, 9.17) is 5.11 Å². The van der Waals surface area contributed by atoms with Crippen molar-refractivity contribution < 1.29 is 23.7 Å². The molecule has 0 atom stereocenters. The van der Waals surface area contributed by atoms with Crippen LogP contribution >= 0.6 is 0 Å². The van der Waals surface area contributed by atoms with E-state index in [2.05, 4.69) is 0 Å². The summed E-state index contributed by atoms with van der Waals surface area (Å²) in [6.45, 7) is -0.549. The number of aliphatic hydroxyl groups is 1. The Bertz CT molecular complexity index is 518. The molecule has 0 saturated heterocycles. The third-order valence-corrected chi connectivity index (χ3v) is 2.37. The lowest BCUT2D eigenvalue weighted by molar-refractivity contribution is -0.394. The highest BCUT2D eigenvalue weighted by atomic mass is 19.3. The topological polar surface area (TPSA) is 107 Å². The molecule has 1 N–H and O–H groups in total. The third kappa shape index (κ3) is 2.40. The van der Waals surface area contributed by atoms with E-state index < -0.39 is 44.9 Å². The molecule has 0 amide bonds. The Kier molecular flexibility index (Phi) is 3.56. The zero-order valence-corrected chi connectivity index (χ0v) is 9.09. The number of hydrogen-bond donors (Lipinski definition) is 1. The molecule has 0 aliphatic rings. The molecule has 0 radical (unpaired) electrons. The van der Waals surface area contributed by atoms with Gasteiger partial charge in [0.2, 0.25) is 0 Å². The van der Waals surface area contributed by atoms with Crippen molar-refractivity contribution in [2.75, 3.05) is 6.61 Å². The van der Waals surface area contributed by atoms with Gasteiger partial charge in [0, 0.05) is 17.2 Å². The van der Waals surface area contributed by atoms with Crippen molar-refractivity contribution in [2.24, 2.45) is 0 Å². The summed E-state index contributed by atoms with van der Waals surface area (Å²) < 4.78 is 26.7. The molecule has 18 heavy (non-hydrogen) atoms. The molecule has 9 heteroatoms. The second kappa shape index (κ2) is 4.61. The highest BCUT2D eigenvalue weighted by molar-refractivity contribution is 5.54. The van der Waals surface area contributed by atoms with Gasteiger partial charge in [0.1, 0.15) is 6.61 Å². The molecule has 0 saturated carbocycles. The van der Waals surface area contributed by atoms with Crippen molar-refractivity contribution in [1.29, 1.82) is 0 Å². The summed E-state index contributed by atoms with van der Waals surface area (Å²) in [5, 5.41) is 29.7. The van der Waals surface area contributed by atoms with E-state index in [0.717, 1.165) is 6.92 Å². The predicted molar refractivity (Wildman–Crippen MR) is 55.5 cm³/mol. The van der Waals surface area contributed by atoms with Crippen molar-refractivity contribution in [3.63, 3.8) is 0 Å². The second-order valence-electron chi connectivity index (χ2n) is 3.51. The fourth-order valence-electron chi connectivity index (χ4n) is 1.44. The maximum absolute atomic E-state index is 13.3. The molecule has 0 heterocycles. The average molecular weight is 262 g/mol. The molecule has 0 aromatic heterocycles. The number of nitrogens with zero attached hydrogens (tertiary/aromatic N) is 2. The fraction of sp³-hybridized carbons (Fsp3) is 0.333. The van der Waals surface area contributed by atoms with Crippen LogP contribution in [0.3, 0.4) is 0 Å². The Morgan fingerprint density at radius 1 is 1.28 bits per heavy atom. The molecular weight excluding hydrogens is 254 g/mol. The largest absolute Gasteiger partial charge is 0.390 e. The van der Waals surface area contributed by atoms with Crippen LogP contribution in [-0.2, 0) is 5.92 Å². The Morgan fingerprint density at radius 2 is 1.83 bits per heavy atom. The van der Waals surface area contributed by atoms with Gasteiger partial charge in [-0.15, -0.1) is 0 Å². The van der Waals surface area contributed by atoms with Crippen LogP contribution in [0.5, 0.6) is 0 Å². The van der Waals surface area contributed by atoms with Crippen LogP contribution in [-0.4, -0.2) is 21.6 Å². The van der Waals surface area contributed by atoms with Crippen LogP contribution in [0.4, 0.5) is 20.2 Å². The van der Waals surface area contributed by atoms with Gasteiger partial charge in [-0.1, -0.05) is 0 Å². The van der Waals surface area contributed by atoms with Crippen LogP contribution in [0.15, 0.2) is 12.1 Å². The van der Waals surface area contributed by atoms with Crippen LogP contribution in [0.1, 0.15) is 11.1 Å². The number of alkyl halides is 2. The van der Waals surface area contributed by atoms with Crippen LogP contribution in [0.2, 0.25) is 0 Å². The fourth-order valence-corrected chi connectivity index (χ4v) is 1.44. The Morgan fingerprint density at radius 3 is 2.22 bits per heavy atom. The molecule has 0 unspecified atom stereocenters. The lowest BCUT2D eigenvalue weighted by Crippen LogP contribution is -2.20. The first-order valence-corrected chi connectivity index (χ1v) is 4.63. The van der Waals surface area contributed by atoms with E-state index >= 15 is 0 Å². The van der Waals surface area contributed by atoms with Crippen molar-refractivity contribution in [3.05, 3.63) is 43.5 Å². The minimum absolute atomic E-state index is 0.412. The van der Waals surface area contributed by atoms with Gasteiger partial charge in [0.05, 0.1) is 15.9 Å². The number of nitro groups is 2. The van der Waals surface area contributed by atoms with Crippen molar-refractivity contribution in [2.45, 2.75) is 12.8 Å². The van der Waals surface area contributed by atoms with Gasteiger partial charge in [-0.3, -0.25) is 20.2 Å². The molecule has 0 aliphatic carbocycles. The number of non-ortho nitro benzene ring substituents is 1. The van der Waals surface area contributed by atoms with E-state index in [-0.39, 0.29) is 0 Å². The van der Waals surface area contributed by atoms with Gasteiger partial charge in [0.15, 0.2) is 0 Å². The first-order valence-electron chi connectivity index (χ1n) is 4.63. The Labute approximate surface area is 99.0 Å². The summed E-state index contributed by atoms with van der Waals surface area (Å²) in [7, 11) is 0. The normalized spacial score (nSPS) is 11.3. The average Bonchev–Trinajstić information content (AvgIpc) is 2.28. The maximum atomic E-state index is 13.3. The van der Waals surface area contributed by atoms with Crippen molar-refractivity contribution in [3.8, 4) is 0 Å². The molecule has 1 aromatic carbocycles. The van der Waals surface area contributed by atoms with Crippen LogP contribution in [0, 0.1) is 27.2 Å². The Balaban J connectivity index is 3.60. The smallest absolute Gasteiger partial charge is 0.296 e. The van der Waals surface area contributed by atoms with Crippen LogP contribution < -0.4 is 0 Å². The van der Waals surface area contributed by atoms with Gasteiger partial charge in [-0.05, 0) is 6.92 Å². The molecule has 0 fully saturated rings. The van der Waals surface area contributed by atoms with E-state index in [1.807, 2.05) is 0 Å². The number of nitro benzene ring substituents is 2. The number of hydrogen-bond acceptors (Lipinski definition) is 5. The quantitative estimate of drug-likeness (QED) is 0.658. The summed E-state index contributed by atoms with van der Waals surface area (Å²) >= 11 is 0. The third-order valence-electron chi connectivity index (χ3n) is 2.37. The summed E-state index contributed by atoms with van der Waals surface area (Å²) in [6.07, 6.45) is 0. The molecule has 0 bridgehead atoms. The molecule has 7 nitrogen and oxygen atoms in total. The van der Waals surface area contributed by atoms with E-state index in [9.17, 15) is 29.0 Å². The monoisotopic (exact) mass is 262 g/mol. The van der Waals surface area contributed by atoms with Gasteiger partial charge >= 0.3 is 0 Å². The number of benzene rings is 1. The minimum atomic E-state index is -3.78. The van der Waals surface area contributed by atoms with Crippen molar-refractivity contribution in [1.82, 2.24) is 0 Å². The summed E-state index contributed by atoms with van der Waals surface area (Å²) in [6, 6.07) is 1.13. The molecule has 0 aliphatic heterocycles. The lowest BCUT2D eigenvalue weighted by Gasteiger charge is -2.15. The lowest BCUT2D eigenvalue weighted by atomic mass is 10.0. The van der Waals surface area contributed by atoms with Crippen LogP contribution in [0.25, 0.3) is 0 Å². The Hall–Kier alpha value is -2.16.